The third-order valence-corrected chi connectivity index (χ3v) is 2.58. The summed E-state index contributed by atoms with van der Waals surface area (Å²) in [5.41, 5.74) is 0.622. The summed E-state index contributed by atoms with van der Waals surface area (Å²) >= 11 is 1.07. The van der Waals surface area contributed by atoms with E-state index in [-0.39, 0.29) is 0 Å². The van der Waals surface area contributed by atoms with Crippen molar-refractivity contribution in [2.75, 3.05) is 7.11 Å². The number of aromatic carboxylic acids is 1. The predicted molar refractivity (Wildman–Crippen MR) is 49.6 cm³/mol. The van der Waals surface area contributed by atoms with Crippen LogP contribution >= 0.6 is 11.3 Å². The van der Waals surface area contributed by atoms with Crippen LogP contribution in [0.2, 0.25) is 0 Å². The Kier molecular flexibility index (Phi) is 3.25. The molecule has 1 heterocycles. The normalized spacial score (nSPS) is 10.0. The second-order valence-electron chi connectivity index (χ2n) is 2.51. The van der Waals surface area contributed by atoms with Crippen LogP contribution in [0.5, 0.6) is 5.19 Å². The average molecular weight is 201 g/mol. The Labute approximate surface area is 80.2 Å². The molecule has 1 rings (SSSR count). The van der Waals surface area contributed by atoms with Crippen LogP contribution in [0.1, 0.15) is 28.7 Å². The lowest BCUT2D eigenvalue weighted by Gasteiger charge is -1.92. The lowest BCUT2D eigenvalue weighted by Crippen LogP contribution is -1.98. The van der Waals surface area contributed by atoms with E-state index in [0.717, 1.165) is 17.8 Å². The molecule has 4 nitrogen and oxygen atoms in total. The molecule has 1 aromatic heterocycles. The highest BCUT2D eigenvalue weighted by molar-refractivity contribution is 7.15. The van der Waals surface area contributed by atoms with E-state index in [4.69, 9.17) is 9.84 Å². The maximum Gasteiger partial charge on any atom is 0.347 e. The van der Waals surface area contributed by atoms with E-state index in [9.17, 15) is 4.79 Å². The first-order valence-corrected chi connectivity index (χ1v) is 4.77. The Bertz CT molecular complexity index is 308. The first-order chi connectivity index (χ1) is 6.19. The number of thiazole rings is 1. The van der Waals surface area contributed by atoms with Gasteiger partial charge in [-0.15, -0.1) is 0 Å². The van der Waals surface area contributed by atoms with Gasteiger partial charge in [-0.3, -0.25) is 0 Å². The summed E-state index contributed by atoms with van der Waals surface area (Å²) in [5, 5.41) is 9.23. The second-order valence-corrected chi connectivity index (χ2v) is 3.48. The first-order valence-electron chi connectivity index (χ1n) is 3.96. The summed E-state index contributed by atoms with van der Waals surface area (Å²) in [4.78, 5) is 15.1. The minimum Gasteiger partial charge on any atom is -0.477 e. The molecule has 0 saturated heterocycles. The zero-order valence-electron chi connectivity index (χ0n) is 7.53. The largest absolute Gasteiger partial charge is 0.477 e. The van der Waals surface area contributed by atoms with Crippen molar-refractivity contribution in [3.63, 3.8) is 0 Å². The van der Waals surface area contributed by atoms with E-state index in [1.807, 2.05) is 6.92 Å². The number of aryl methyl sites for hydroxylation is 1. The molecule has 0 saturated carbocycles. The Morgan fingerprint density at radius 1 is 1.69 bits per heavy atom. The quantitative estimate of drug-likeness (QED) is 0.807. The summed E-state index contributed by atoms with van der Waals surface area (Å²) in [5.74, 6) is -0.927. The van der Waals surface area contributed by atoms with Gasteiger partial charge in [0, 0.05) is 0 Å². The Morgan fingerprint density at radius 2 is 2.38 bits per heavy atom. The third-order valence-electron chi connectivity index (χ3n) is 1.53. The molecular formula is C8H11NO3S. The maximum atomic E-state index is 10.7. The predicted octanol–water partition coefficient (Wildman–Crippen LogP) is 1.80. The standard InChI is InChI=1S/C8H11NO3S/c1-3-4-5-6(7(10)11)13-8(9-5)12-2/h3-4H2,1-2H3,(H,10,11). The fraction of sp³-hybridized carbons (Fsp3) is 0.500. The molecule has 1 aromatic rings. The molecule has 0 atom stereocenters. The smallest absolute Gasteiger partial charge is 0.347 e. The summed E-state index contributed by atoms with van der Waals surface area (Å²) in [6.07, 6.45) is 1.56. The molecule has 0 aromatic carbocycles. The number of carbonyl (C=O) groups is 1. The van der Waals surface area contributed by atoms with Gasteiger partial charge < -0.3 is 9.84 Å². The summed E-state index contributed by atoms with van der Waals surface area (Å²) in [7, 11) is 1.49. The minimum absolute atomic E-state index is 0.290. The minimum atomic E-state index is -0.927. The number of methoxy groups -OCH3 is 1. The molecule has 13 heavy (non-hydrogen) atoms. The van der Waals surface area contributed by atoms with E-state index in [2.05, 4.69) is 4.98 Å². The average Bonchev–Trinajstić information content (AvgIpc) is 2.48. The number of ether oxygens (including phenoxy) is 1. The zero-order valence-corrected chi connectivity index (χ0v) is 8.35. The number of carboxylic acids is 1. The molecule has 0 fully saturated rings. The van der Waals surface area contributed by atoms with Crippen LogP contribution in [0, 0.1) is 0 Å². The van der Waals surface area contributed by atoms with Gasteiger partial charge in [0.15, 0.2) is 0 Å². The fourth-order valence-corrected chi connectivity index (χ4v) is 1.76. The first kappa shape index (κ1) is 9.98. The molecule has 1 N–H and O–H groups in total. The monoisotopic (exact) mass is 201 g/mol. The van der Waals surface area contributed by atoms with Gasteiger partial charge >= 0.3 is 5.97 Å². The van der Waals surface area contributed by atoms with Gasteiger partial charge in [0.2, 0.25) is 0 Å². The van der Waals surface area contributed by atoms with Gasteiger partial charge in [-0.25, -0.2) is 9.78 Å². The van der Waals surface area contributed by atoms with Crippen molar-refractivity contribution in [1.29, 1.82) is 0 Å². The highest BCUT2D eigenvalue weighted by Gasteiger charge is 2.16. The lowest BCUT2D eigenvalue weighted by molar-refractivity contribution is 0.0700. The van der Waals surface area contributed by atoms with Gasteiger partial charge in [0.05, 0.1) is 12.8 Å². The van der Waals surface area contributed by atoms with Crippen molar-refractivity contribution in [3.8, 4) is 5.19 Å². The molecule has 0 unspecified atom stereocenters. The highest BCUT2D eigenvalue weighted by atomic mass is 32.1. The Morgan fingerprint density at radius 3 is 2.85 bits per heavy atom. The number of nitrogens with zero attached hydrogens (tertiary/aromatic N) is 1. The van der Waals surface area contributed by atoms with Crippen LogP contribution < -0.4 is 4.74 Å². The van der Waals surface area contributed by atoms with E-state index in [1.54, 1.807) is 0 Å². The molecule has 0 aliphatic carbocycles. The highest BCUT2D eigenvalue weighted by Crippen LogP contribution is 2.25. The number of rotatable bonds is 4. The van der Waals surface area contributed by atoms with Crippen molar-refractivity contribution in [2.45, 2.75) is 19.8 Å². The van der Waals surface area contributed by atoms with Gasteiger partial charge in [0.25, 0.3) is 5.19 Å². The van der Waals surface area contributed by atoms with Crippen molar-refractivity contribution in [1.82, 2.24) is 4.98 Å². The number of hydrogen-bond donors (Lipinski definition) is 1. The molecule has 5 heteroatoms. The van der Waals surface area contributed by atoms with Crippen LogP contribution in [0.15, 0.2) is 0 Å². The van der Waals surface area contributed by atoms with Crippen LogP contribution in [0.4, 0.5) is 0 Å². The molecule has 0 amide bonds. The van der Waals surface area contributed by atoms with Crippen LogP contribution in [0.25, 0.3) is 0 Å². The molecule has 0 radical (unpaired) electrons. The van der Waals surface area contributed by atoms with E-state index in [0.29, 0.717) is 22.2 Å². The number of carboxylic acid groups (broad SMARTS) is 1. The van der Waals surface area contributed by atoms with E-state index >= 15 is 0 Å². The fourth-order valence-electron chi connectivity index (χ4n) is 0.991. The summed E-state index contributed by atoms with van der Waals surface area (Å²) in [6, 6.07) is 0. The molecule has 0 spiro atoms. The maximum absolute atomic E-state index is 10.7. The van der Waals surface area contributed by atoms with Crippen LogP contribution in [-0.4, -0.2) is 23.2 Å². The Balaban J connectivity index is 3.00. The van der Waals surface area contributed by atoms with Crippen molar-refractivity contribution >= 4 is 17.3 Å². The topological polar surface area (TPSA) is 59.4 Å². The molecule has 0 aliphatic heterocycles. The SMILES string of the molecule is CCCc1nc(OC)sc1C(=O)O. The second kappa shape index (κ2) is 4.23. The lowest BCUT2D eigenvalue weighted by atomic mass is 10.2. The van der Waals surface area contributed by atoms with Crippen LogP contribution in [-0.2, 0) is 6.42 Å². The van der Waals surface area contributed by atoms with Crippen LogP contribution in [0.3, 0.4) is 0 Å². The van der Waals surface area contributed by atoms with Crippen molar-refractivity contribution in [2.24, 2.45) is 0 Å². The zero-order chi connectivity index (χ0) is 9.84. The Hall–Kier alpha value is -1.10. The summed E-state index contributed by atoms with van der Waals surface area (Å²) in [6.45, 7) is 1.98. The van der Waals surface area contributed by atoms with Crippen molar-refractivity contribution in [3.05, 3.63) is 10.6 Å². The van der Waals surface area contributed by atoms with Crippen molar-refractivity contribution < 1.29 is 14.6 Å². The van der Waals surface area contributed by atoms with Gasteiger partial charge in [-0.2, -0.15) is 0 Å². The molecule has 0 aliphatic rings. The third kappa shape index (κ3) is 2.18. The summed E-state index contributed by atoms with van der Waals surface area (Å²) < 4.78 is 4.88. The number of aromatic nitrogens is 1. The van der Waals surface area contributed by atoms with E-state index < -0.39 is 5.97 Å². The van der Waals surface area contributed by atoms with E-state index in [1.165, 1.54) is 7.11 Å². The van der Waals surface area contributed by atoms with Gasteiger partial charge in [0.1, 0.15) is 4.88 Å². The van der Waals surface area contributed by atoms with Gasteiger partial charge in [-0.05, 0) is 6.42 Å². The molecule has 72 valence electrons. The van der Waals surface area contributed by atoms with Gasteiger partial charge in [-0.1, -0.05) is 24.7 Å². The number of hydrogen-bond acceptors (Lipinski definition) is 4. The molecular weight excluding hydrogens is 190 g/mol. The molecule has 0 bridgehead atoms.